The van der Waals surface area contributed by atoms with Gasteiger partial charge in [-0.05, 0) is 0 Å². The highest BCUT2D eigenvalue weighted by Crippen LogP contribution is 2.56. The molecule has 23 nitrogen and oxygen atoms in total. The van der Waals surface area contributed by atoms with Gasteiger partial charge in [0.25, 0.3) is 5.56 Å². The molecule has 47 heavy (non-hydrogen) atoms. The third-order valence-electron chi connectivity index (χ3n) is 7.89. The highest BCUT2D eigenvalue weighted by Gasteiger charge is 2.65. The average Bonchev–Trinajstić information content (AvgIpc) is 3.80. The summed E-state index contributed by atoms with van der Waals surface area (Å²) < 4.78 is 61.5. The molecule has 4 aromatic heterocycles. The van der Waals surface area contributed by atoms with Gasteiger partial charge < -0.3 is 50.2 Å². The van der Waals surface area contributed by atoms with Crippen LogP contribution in [-0.2, 0) is 36.9 Å². The number of hydrogen-bond acceptors (Lipinski definition) is 18. The summed E-state index contributed by atoms with van der Waals surface area (Å²) in [5, 5.41) is 21.4. The molecule has 3 aliphatic rings. The van der Waals surface area contributed by atoms with E-state index in [9.17, 15) is 33.9 Å². The lowest BCUT2D eigenvalue weighted by Crippen LogP contribution is -2.45. The molecule has 4 unspecified atom stereocenters. The molecule has 3 aliphatic heterocycles. The minimum Gasteiger partial charge on any atom is -0.387 e. The van der Waals surface area contributed by atoms with E-state index >= 15 is 0 Å². The smallest absolute Gasteiger partial charge is 0.387 e. The number of hydrogen-bond donors (Lipinski definition) is 7. The number of rotatable bonds is 10. The average molecular weight is 702 g/mol. The number of anilines is 2. The Labute approximate surface area is 261 Å². The van der Waals surface area contributed by atoms with Gasteiger partial charge in [-0.15, -0.1) is 0 Å². The molecule has 4 aromatic rings. The van der Waals surface area contributed by atoms with Crippen molar-refractivity contribution in [2.24, 2.45) is 0 Å². The summed E-state index contributed by atoms with van der Waals surface area (Å²) in [5.74, 6) is -0.141. The fourth-order valence-corrected chi connectivity index (χ4v) is 7.18. The minimum atomic E-state index is -5.06. The van der Waals surface area contributed by atoms with Crippen molar-refractivity contribution >= 4 is 49.5 Å². The van der Waals surface area contributed by atoms with Gasteiger partial charge in [0, 0.05) is 6.66 Å². The first-order valence-corrected chi connectivity index (χ1v) is 17.3. The Bertz CT molecular complexity index is 2000. The topological polar surface area (TPSA) is 330 Å². The molecule has 10 atom stereocenters. The molecule has 25 heteroatoms. The van der Waals surface area contributed by atoms with Crippen LogP contribution >= 0.6 is 15.4 Å². The summed E-state index contributed by atoms with van der Waals surface area (Å²) in [6.45, 7) is -0.661. The molecule has 9 N–H and O–H groups in total. The number of phosphoric ester groups is 1. The number of aromatic amines is 1. The lowest BCUT2D eigenvalue weighted by molar-refractivity contribution is -0.182. The number of imidazole rings is 2. The lowest BCUT2D eigenvalue weighted by Gasteiger charge is -2.31. The van der Waals surface area contributed by atoms with Crippen molar-refractivity contribution in [1.82, 2.24) is 39.0 Å². The Morgan fingerprint density at radius 2 is 1.77 bits per heavy atom. The van der Waals surface area contributed by atoms with Crippen molar-refractivity contribution in [3.63, 3.8) is 0 Å². The summed E-state index contributed by atoms with van der Waals surface area (Å²) in [4.78, 5) is 55.2. The van der Waals surface area contributed by atoms with Gasteiger partial charge in [-0.2, -0.15) is 4.98 Å². The van der Waals surface area contributed by atoms with Crippen LogP contribution in [0.5, 0.6) is 0 Å². The zero-order chi connectivity index (χ0) is 33.5. The van der Waals surface area contributed by atoms with Crippen LogP contribution in [0.25, 0.3) is 22.3 Å². The Kier molecular flexibility index (Phi) is 7.74. The zero-order valence-electron chi connectivity index (χ0n) is 24.0. The van der Waals surface area contributed by atoms with Gasteiger partial charge in [0.05, 0.1) is 32.5 Å². The van der Waals surface area contributed by atoms with Gasteiger partial charge in [-0.25, -0.2) is 24.5 Å². The lowest BCUT2D eigenvalue weighted by atomic mass is 10.0. The number of nitrogen functional groups attached to an aromatic ring is 2. The summed E-state index contributed by atoms with van der Waals surface area (Å²) in [6.07, 6.45) is -5.87. The largest absolute Gasteiger partial charge is 0.472 e. The van der Waals surface area contributed by atoms with E-state index in [4.69, 9.17) is 39.2 Å². The van der Waals surface area contributed by atoms with E-state index < -0.39 is 82.8 Å². The number of aromatic nitrogens is 8. The van der Waals surface area contributed by atoms with Gasteiger partial charge in [-0.1, -0.05) is 0 Å². The molecule has 0 aliphatic carbocycles. The number of nitrogens with two attached hydrogens (primary N) is 2. The second-order valence-electron chi connectivity index (χ2n) is 11.1. The van der Waals surface area contributed by atoms with Gasteiger partial charge in [-0.3, -0.25) is 32.5 Å². The molecular weight excluding hydrogens is 674 g/mol. The third-order valence-corrected chi connectivity index (χ3v) is 9.47. The van der Waals surface area contributed by atoms with Gasteiger partial charge >= 0.3 is 15.4 Å². The van der Waals surface area contributed by atoms with Crippen LogP contribution < -0.4 is 17.0 Å². The molecule has 0 amide bonds. The van der Waals surface area contributed by atoms with Crippen LogP contribution in [-0.4, -0.2) is 122 Å². The van der Waals surface area contributed by atoms with E-state index in [1.165, 1.54) is 21.8 Å². The number of phosphoric acid groups is 1. The second-order valence-corrected chi connectivity index (χ2v) is 14.4. The van der Waals surface area contributed by atoms with E-state index in [2.05, 4.69) is 29.9 Å². The van der Waals surface area contributed by atoms with Crippen LogP contribution in [0.2, 0.25) is 0 Å². The number of aliphatic hydroxyl groups excluding tert-OH is 2. The monoisotopic (exact) mass is 702 g/mol. The SMILES string of the molecule is CP(=O)(O)OC[C@@]12CO[C@@H](C1OP(=O)(O)OC[C@H]1O[C@@H](n3cnc4c(=O)[nH]c(N)nc43)[C@@H](O)C1O)[C@H](n1cnc3c(N)ncnc31)O2. The normalized spacial score (nSPS) is 33.1. The molecule has 0 radical (unpaired) electrons. The molecule has 3 saturated heterocycles. The number of H-pyrrole nitrogens is 1. The van der Waals surface area contributed by atoms with Crippen LogP contribution in [0.3, 0.4) is 0 Å². The highest BCUT2D eigenvalue weighted by molar-refractivity contribution is 7.51. The fourth-order valence-electron chi connectivity index (χ4n) is 5.73. The molecule has 7 heterocycles. The predicted octanol–water partition coefficient (Wildman–Crippen LogP) is -2.26. The first-order chi connectivity index (χ1) is 22.2. The Hall–Kier alpha value is -3.44. The maximum atomic E-state index is 13.3. The number of aliphatic hydroxyl groups is 2. The van der Waals surface area contributed by atoms with Gasteiger partial charge in [0.1, 0.15) is 48.0 Å². The zero-order valence-corrected chi connectivity index (χ0v) is 25.8. The van der Waals surface area contributed by atoms with Crippen molar-refractivity contribution in [1.29, 1.82) is 0 Å². The van der Waals surface area contributed by atoms with Gasteiger partial charge in [0.15, 0.2) is 35.1 Å². The first kappa shape index (κ1) is 32.1. The van der Waals surface area contributed by atoms with E-state index in [0.717, 1.165) is 13.0 Å². The Balaban J connectivity index is 1.10. The second kappa shape index (κ2) is 11.3. The molecule has 0 saturated carbocycles. The van der Waals surface area contributed by atoms with Crippen LogP contribution in [0.15, 0.2) is 23.8 Å². The quantitative estimate of drug-likeness (QED) is 0.0857. The Morgan fingerprint density at radius 3 is 2.51 bits per heavy atom. The molecule has 0 spiro atoms. The van der Waals surface area contributed by atoms with Crippen molar-refractivity contribution < 1.29 is 56.9 Å². The molecule has 0 aromatic carbocycles. The maximum absolute atomic E-state index is 13.3. The Morgan fingerprint density at radius 1 is 1.04 bits per heavy atom. The van der Waals surface area contributed by atoms with E-state index in [1.807, 2.05) is 0 Å². The molecule has 3 fully saturated rings. The van der Waals surface area contributed by atoms with E-state index in [-0.39, 0.29) is 40.7 Å². The minimum absolute atomic E-state index is 0.0432. The van der Waals surface area contributed by atoms with Crippen molar-refractivity contribution in [2.75, 3.05) is 38.0 Å². The number of ether oxygens (including phenoxy) is 3. The van der Waals surface area contributed by atoms with Crippen molar-refractivity contribution in [2.45, 2.75) is 48.6 Å². The van der Waals surface area contributed by atoms with Crippen LogP contribution in [0.4, 0.5) is 11.8 Å². The highest BCUT2D eigenvalue weighted by atomic mass is 31.2. The van der Waals surface area contributed by atoms with Gasteiger partial charge in [0.2, 0.25) is 5.95 Å². The molecule has 254 valence electrons. The number of nitrogens with one attached hydrogen (secondary N) is 1. The van der Waals surface area contributed by atoms with Crippen LogP contribution in [0.1, 0.15) is 12.5 Å². The fraction of sp³-hybridized carbons (Fsp3) is 0.545. The molecule has 2 bridgehead atoms. The summed E-state index contributed by atoms with van der Waals surface area (Å²) in [6, 6.07) is 0. The van der Waals surface area contributed by atoms with Crippen molar-refractivity contribution in [3.8, 4) is 0 Å². The standard InChI is InChI=1S/C22H28N10O13P2/c1-46(36,37)42-4-22-3-40-13(20(44-22)31-6-27-9-15(23)25-5-26-16(9)31)14(22)45-47(38,39)41-2-8-11(33)12(34)19(43-8)32-7-28-10-17(32)29-21(24)30-18(10)35/h5-8,11-14,19-20,33-34H,2-4H2,1H3,(H,36,37)(H,38,39)(H2,23,25,26)(H3,24,29,30,35)/t8-,11?,12+,13+,14?,19-,20-,22+/m1/s1. The number of fused-ring (bicyclic) bond motifs is 4. The van der Waals surface area contributed by atoms with Crippen molar-refractivity contribution in [3.05, 3.63) is 29.3 Å². The summed E-state index contributed by atoms with van der Waals surface area (Å²) in [7, 11) is -9.12. The number of nitrogens with zero attached hydrogens (tertiary/aromatic N) is 7. The molecule has 7 rings (SSSR count). The predicted molar refractivity (Wildman–Crippen MR) is 153 cm³/mol. The van der Waals surface area contributed by atoms with E-state index in [0.29, 0.717) is 0 Å². The molecular formula is C22H28N10O13P2. The first-order valence-electron chi connectivity index (χ1n) is 13.7. The third kappa shape index (κ3) is 5.63. The van der Waals surface area contributed by atoms with Crippen LogP contribution in [0, 0.1) is 0 Å². The summed E-state index contributed by atoms with van der Waals surface area (Å²) >= 11 is 0. The van der Waals surface area contributed by atoms with E-state index in [1.54, 1.807) is 0 Å². The summed E-state index contributed by atoms with van der Waals surface area (Å²) in [5.41, 5.74) is 9.53. The maximum Gasteiger partial charge on any atom is 0.472 e.